The molecule has 20 heavy (non-hydrogen) atoms. The molecule has 0 radical (unpaired) electrons. The first-order chi connectivity index (χ1) is 9.60. The molecule has 2 heterocycles. The summed E-state index contributed by atoms with van der Waals surface area (Å²) in [4.78, 5) is 16.4. The maximum Gasteiger partial charge on any atom is 0.274 e. The summed E-state index contributed by atoms with van der Waals surface area (Å²) in [6.45, 7) is 3.02. The van der Waals surface area contributed by atoms with Gasteiger partial charge in [0.15, 0.2) is 5.69 Å². The Morgan fingerprint density at radius 1 is 1.40 bits per heavy atom. The molecular formula is C14H23N5O. The minimum atomic E-state index is -0.0564. The highest BCUT2D eigenvalue weighted by Crippen LogP contribution is 2.17. The van der Waals surface area contributed by atoms with Crippen molar-refractivity contribution >= 4 is 11.7 Å². The van der Waals surface area contributed by atoms with Crippen molar-refractivity contribution in [1.82, 2.24) is 20.0 Å². The minimum absolute atomic E-state index is 0.0564. The summed E-state index contributed by atoms with van der Waals surface area (Å²) in [6, 6.07) is 3.48. The standard InChI is InChI=1S/C14H23N5O/c1-15-13-5-4-12(16-17-13)14(20)19(3)10-11-6-8-18(2)9-7-11/h4-5,11H,6-10H2,1-3H3,(H,15,17). The van der Waals surface area contributed by atoms with Crippen LogP contribution < -0.4 is 5.32 Å². The number of likely N-dealkylation sites (tertiary alicyclic amines) is 1. The zero-order valence-corrected chi connectivity index (χ0v) is 12.5. The van der Waals surface area contributed by atoms with E-state index in [4.69, 9.17) is 0 Å². The Kier molecular flexibility index (Phi) is 4.89. The molecule has 6 heteroatoms. The van der Waals surface area contributed by atoms with Crippen molar-refractivity contribution in [1.29, 1.82) is 0 Å². The van der Waals surface area contributed by atoms with Crippen LogP contribution in [0.2, 0.25) is 0 Å². The zero-order valence-electron chi connectivity index (χ0n) is 12.5. The monoisotopic (exact) mass is 277 g/mol. The van der Waals surface area contributed by atoms with Crippen molar-refractivity contribution < 1.29 is 4.79 Å². The van der Waals surface area contributed by atoms with Crippen molar-refractivity contribution in [3.05, 3.63) is 17.8 Å². The topological polar surface area (TPSA) is 61.4 Å². The van der Waals surface area contributed by atoms with Gasteiger partial charge in [-0.2, -0.15) is 0 Å². The van der Waals surface area contributed by atoms with Crippen LogP contribution in [0.15, 0.2) is 12.1 Å². The van der Waals surface area contributed by atoms with Crippen molar-refractivity contribution in [2.24, 2.45) is 5.92 Å². The predicted molar refractivity (Wildman–Crippen MR) is 78.8 cm³/mol. The van der Waals surface area contributed by atoms with Gasteiger partial charge in [0.25, 0.3) is 5.91 Å². The normalized spacial score (nSPS) is 16.9. The lowest BCUT2D eigenvalue weighted by Crippen LogP contribution is -2.38. The summed E-state index contributed by atoms with van der Waals surface area (Å²) in [6.07, 6.45) is 2.30. The second-order valence-electron chi connectivity index (χ2n) is 5.49. The zero-order chi connectivity index (χ0) is 14.5. The first kappa shape index (κ1) is 14.7. The van der Waals surface area contributed by atoms with Gasteiger partial charge in [-0.25, -0.2) is 0 Å². The molecular weight excluding hydrogens is 254 g/mol. The van der Waals surface area contributed by atoms with Crippen LogP contribution in [0.3, 0.4) is 0 Å². The second-order valence-corrected chi connectivity index (χ2v) is 5.49. The van der Waals surface area contributed by atoms with Crippen LogP contribution in [-0.4, -0.2) is 66.7 Å². The Balaban J connectivity index is 1.90. The Morgan fingerprint density at radius 3 is 2.65 bits per heavy atom. The molecule has 1 fully saturated rings. The van der Waals surface area contributed by atoms with Crippen LogP contribution in [0.4, 0.5) is 5.82 Å². The van der Waals surface area contributed by atoms with Gasteiger partial charge in [-0.3, -0.25) is 4.79 Å². The number of nitrogens with one attached hydrogen (secondary N) is 1. The molecule has 0 saturated carbocycles. The molecule has 6 nitrogen and oxygen atoms in total. The number of anilines is 1. The van der Waals surface area contributed by atoms with Gasteiger partial charge in [-0.15, -0.1) is 10.2 Å². The van der Waals surface area contributed by atoms with Crippen LogP contribution in [0, 0.1) is 5.92 Å². The van der Waals surface area contributed by atoms with Crippen LogP contribution >= 0.6 is 0 Å². The molecule has 2 rings (SSSR count). The van der Waals surface area contributed by atoms with Gasteiger partial charge in [-0.05, 0) is 51.0 Å². The number of rotatable bonds is 4. The third kappa shape index (κ3) is 3.66. The summed E-state index contributed by atoms with van der Waals surface area (Å²) in [5, 5.41) is 10.8. The van der Waals surface area contributed by atoms with Gasteiger partial charge in [0.1, 0.15) is 5.82 Å². The Labute approximate surface area is 120 Å². The molecule has 110 valence electrons. The molecule has 0 spiro atoms. The highest BCUT2D eigenvalue weighted by Gasteiger charge is 2.21. The lowest BCUT2D eigenvalue weighted by Gasteiger charge is -2.31. The fourth-order valence-electron chi connectivity index (χ4n) is 2.49. The van der Waals surface area contributed by atoms with Crippen molar-refractivity contribution in [3.8, 4) is 0 Å². The van der Waals surface area contributed by atoms with E-state index in [1.165, 1.54) is 0 Å². The average Bonchev–Trinajstić information content (AvgIpc) is 2.49. The molecule has 0 atom stereocenters. The van der Waals surface area contributed by atoms with E-state index in [2.05, 4.69) is 27.5 Å². The molecule has 1 aliphatic heterocycles. The number of aromatic nitrogens is 2. The number of hydrogen-bond donors (Lipinski definition) is 1. The smallest absolute Gasteiger partial charge is 0.274 e. The number of piperidine rings is 1. The molecule has 0 aromatic carbocycles. The Hall–Kier alpha value is -1.69. The van der Waals surface area contributed by atoms with Gasteiger partial charge in [0, 0.05) is 20.6 Å². The van der Waals surface area contributed by atoms with Crippen molar-refractivity contribution in [2.45, 2.75) is 12.8 Å². The maximum atomic E-state index is 12.3. The molecule has 1 amide bonds. The van der Waals surface area contributed by atoms with E-state index in [9.17, 15) is 4.79 Å². The van der Waals surface area contributed by atoms with Gasteiger partial charge in [0.2, 0.25) is 0 Å². The van der Waals surface area contributed by atoms with E-state index in [-0.39, 0.29) is 5.91 Å². The number of carbonyl (C=O) groups excluding carboxylic acids is 1. The van der Waals surface area contributed by atoms with Crippen LogP contribution in [0.1, 0.15) is 23.3 Å². The quantitative estimate of drug-likeness (QED) is 0.887. The molecule has 1 aromatic rings. The van der Waals surface area contributed by atoms with Crippen molar-refractivity contribution in [2.75, 3.05) is 46.1 Å². The van der Waals surface area contributed by atoms with Gasteiger partial charge in [-0.1, -0.05) is 0 Å². The van der Waals surface area contributed by atoms with E-state index in [1.54, 1.807) is 24.1 Å². The van der Waals surface area contributed by atoms with Gasteiger partial charge >= 0.3 is 0 Å². The maximum absolute atomic E-state index is 12.3. The fraction of sp³-hybridized carbons (Fsp3) is 0.643. The lowest BCUT2D eigenvalue weighted by molar-refractivity contribution is 0.0740. The predicted octanol–water partition coefficient (Wildman–Crippen LogP) is 0.932. The number of carbonyl (C=O) groups is 1. The first-order valence-corrected chi connectivity index (χ1v) is 7.05. The number of hydrogen-bond acceptors (Lipinski definition) is 5. The molecule has 0 unspecified atom stereocenters. The highest BCUT2D eigenvalue weighted by atomic mass is 16.2. The van der Waals surface area contributed by atoms with Crippen LogP contribution in [-0.2, 0) is 0 Å². The van der Waals surface area contributed by atoms with E-state index in [0.29, 0.717) is 17.4 Å². The lowest BCUT2D eigenvalue weighted by atomic mass is 9.96. The van der Waals surface area contributed by atoms with E-state index in [0.717, 1.165) is 32.5 Å². The van der Waals surface area contributed by atoms with E-state index in [1.807, 2.05) is 7.05 Å². The summed E-state index contributed by atoms with van der Waals surface area (Å²) >= 11 is 0. The molecule has 0 aliphatic carbocycles. The summed E-state index contributed by atoms with van der Waals surface area (Å²) in [5.41, 5.74) is 0.402. The molecule has 0 bridgehead atoms. The Morgan fingerprint density at radius 2 is 2.10 bits per heavy atom. The van der Waals surface area contributed by atoms with Gasteiger partial charge in [0.05, 0.1) is 0 Å². The van der Waals surface area contributed by atoms with Gasteiger partial charge < -0.3 is 15.1 Å². The fourth-order valence-corrected chi connectivity index (χ4v) is 2.49. The second kappa shape index (κ2) is 6.65. The summed E-state index contributed by atoms with van der Waals surface area (Å²) in [5.74, 6) is 1.20. The van der Waals surface area contributed by atoms with Crippen molar-refractivity contribution in [3.63, 3.8) is 0 Å². The summed E-state index contributed by atoms with van der Waals surface area (Å²) < 4.78 is 0. The molecule has 1 aliphatic rings. The first-order valence-electron chi connectivity index (χ1n) is 7.05. The van der Waals surface area contributed by atoms with Crippen LogP contribution in [0.25, 0.3) is 0 Å². The molecule has 1 aromatic heterocycles. The minimum Gasteiger partial charge on any atom is -0.372 e. The average molecular weight is 277 g/mol. The number of amides is 1. The number of nitrogens with zero attached hydrogens (tertiary/aromatic N) is 4. The Bertz CT molecular complexity index is 439. The highest BCUT2D eigenvalue weighted by molar-refractivity contribution is 5.92. The third-order valence-electron chi connectivity index (χ3n) is 3.86. The van der Waals surface area contributed by atoms with E-state index >= 15 is 0 Å². The third-order valence-corrected chi connectivity index (χ3v) is 3.86. The largest absolute Gasteiger partial charge is 0.372 e. The molecule has 1 N–H and O–H groups in total. The summed E-state index contributed by atoms with van der Waals surface area (Å²) in [7, 11) is 5.76. The SMILES string of the molecule is CNc1ccc(C(=O)N(C)CC2CCN(C)CC2)nn1. The van der Waals surface area contributed by atoms with E-state index < -0.39 is 0 Å². The van der Waals surface area contributed by atoms with Crippen LogP contribution in [0.5, 0.6) is 0 Å². The molecule has 1 saturated heterocycles.